The van der Waals surface area contributed by atoms with E-state index in [1.165, 1.54) is 11.3 Å². The first-order valence-electron chi connectivity index (χ1n) is 11.1. The van der Waals surface area contributed by atoms with Crippen LogP contribution < -0.4 is 14.4 Å². The van der Waals surface area contributed by atoms with E-state index in [0.717, 1.165) is 55.2 Å². The quantitative estimate of drug-likeness (QED) is 0.433. The van der Waals surface area contributed by atoms with Crippen LogP contribution in [0.3, 0.4) is 0 Å². The number of amides is 1. The molecule has 1 amide bonds. The van der Waals surface area contributed by atoms with E-state index in [1.807, 2.05) is 25.1 Å². The summed E-state index contributed by atoms with van der Waals surface area (Å²) in [6.07, 6.45) is 0.814. The predicted molar refractivity (Wildman–Crippen MR) is 132 cm³/mol. The lowest BCUT2D eigenvalue weighted by Gasteiger charge is -2.28. The van der Waals surface area contributed by atoms with Crippen molar-refractivity contribution in [3.8, 4) is 11.5 Å². The summed E-state index contributed by atoms with van der Waals surface area (Å²) in [5.41, 5.74) is 1.26. The maximum absolute atomic E-state index is 13.7. The van der Waals surface area contributed by atoms with Gasteiger partial charge < -0.3 is 14.2 Å². The number of methoxy groups -OCH3 is 1. The van der Waals surface area contributed by atoms with Crippen LogP contribution in [0.4, 0.5) is 5.13 Å². The van der Waals surface area contributed by atoms with Gasteiger partial charge in [0.15, 0.2) is 5.13 Å². The van der Waals surface area contributed by atoms with E-state index in [1.54, 1.807) is 30.2 Å². The third-order valence-corrected chi connectivity index (χ3v) is 6.76. The van der Waals surface area contributed by atoms with Crippen LogP contribution in [-0.2, 0) is 4.74 Å². The molecule has 2 aromatic carbocycles. The highest BCUT2D eigenvalue weighted by Gasteiger charge is 2.25. The Balaban J connectivity index is 1.62. The number of fused-ring (bicyclic) bond motifs is 1. The molecule has 1 fully saturated rings. The molecule has 1 aliphatic rings. The van der Waals surface area contributed by atoms with Gasteiger partial charge in [-0.1, -0.05) is 22.9 Å². The first-order chi connectivity index (χ1) is 16.1. The summed E-state index contributed by atoms with van der Waals surface area (Å²) in [5.74, 6) is 1.10. The minimum atomic E-state index is -0.180. The van der Waals surface area contributed by atoms with Crippen molar-refractivity contribution in [1.29, 1.82) is 0 Å². The van der Waals surface area contributed by atoms with Crippen LogP contribution in [0.15, 0.2) is 36.4 Å². The van der Waals surface area contributed by atoms with E-state index >= 15 is 0 Å². The van der Waals surface area contributed by atoms with E-state index in [4.69, 9.17) is 30.8 Å². The zero-order chi connectivity index (χ0) is 23.2. The summed E-state index contributed by atoms with van der Waals surface area (Å²) in [5, 5.41) is 1.13. The van der Waals surface area contributed by atoms with Gasteiger partial charge in [0.05, 0.1) is 42.7 Å². The molecule has 7 nitrogen and oxygen atoms in total. The zero-order valence-electron chi connectivity index (χ0n) is 18.9. The number of anilines is 1. The standard InChI is InChI=1S/C24H28ClN3O4S/c1-3-32-18-6-7-20-22(16-18)33-24(26-20)28(10-4-9-27-11-13-31-14-12-27)23(29)19-15-17(25)5-8-21(19)30-2/h5-8,15-16H,3-4,9-14H2,1-2H3. The third kappa shape index (κ3) is 5.76. The number of hydrogen-bond acceptors (Lipinski definition) is 7. The van der Waals surface area contributed by atoms with Crippen LogP contribution in [0, 0.1) is 0 Å². The van der Waals surface area contributed by atoms with Gasteiger partial charge in [0.2, 0.25) is 0 Å². The van der Waals surface area contributed by atoms with Gasteiger partial charge in [-0.2, -0.15) is 0 Å². The number of carbonyl (C=O) groups is 1. The Bertz CT molecular complexity index is 1100. The van der Waals surface area contributed by atoms with Crippen molar-refractivity contribution in [3.05, 3.63) is 47.0 Å². The molecule has 9 heteroatoms. The van der Waals surface area contributed by atoms with Crippen LogP contribution in [0.2, 0.25) is 5.02 Å². The van der Waals surface area contributed by atoms with E-state index in [0.29, 0.717) is 34.6 Å². The van der Waals surface area contributed by atoms with Crippen LogP contribution in [0.25, 0.3) is 10.2 Å². The van der Waals surface area contributed by atoms with Crippen molar-refractivity contribution in [2.45, 2.75) is 13.3 Å². The monoisotopic (exact) mass is 489 g/mol. The number of thiazole rings is 1. The van der Waals surface area contributed by atoms with Crippen LogP contribution in [-0.4, -0.2) is 68.9 Å². The maximum atomic E-state index is 13.7. The SMILES string of the molecule is CCOc1ccc2nc(N(CCCN3CCOCC3)C(=O)c3cc(Cl)ccc3OC)sc2c1. The Morgan fingerprint density at radius 3 is 2.82 bits per heavy atom. The third-order valence-electron chi connectivity index (χ3n) is 5.49. The second-order valence-corrected chi connectivity index (χ2v) is 9.11. The van der Waals surface area contributed by atoms with Gasteiger partial charge in [0, 0.05) is 31.2 Å². The summed E-state index contributed by atoms with van der Waals surface area (Å²) in [4.78, 5) is 22.6. The Morgan fingerprint density at radius 2 is 2.06 bits per heavy atom. The smallest absolute Gasteiger partial charge is 0.263 e. The summed E-state index contributed by atoms with van der Waals surface area (Å²) in [6, 6.07) is 10.9. The number of rotatable bonds is 9. The average Bonchev–Trinajstić information content (AvgIpc) is 3.25. The summed E-state index contributed by atoms with van der Waals surface area (Å²) >= 11 is 7.69. The molecule has 0 unspecified atom stereocenters. The minimum absolute atomic E-state index is 0.180. The summed E-state index contributed by atoms with van der Waals surface area (Å²) in [6.45, 7) is 7.30. The molecule has 2 heterocycles. The first-order valence-corrected chi connectivity index (χ1v) is 12.3. The maximum Gasteiger partial charge on any atom is 0.263 e. The number of aromatic nitrogens is 1. The van der Waals surface area contributed by atoms with Gasteiger partial charge in [-0.15, -0.1) is 0 Å². The van der Waals surface area contributed by atoms with Gasteiger partial charge in [0.25, 0.3) is 5.91 Å². The molecule has 1 saturated heterocycles. The lowest BCUT2D eigenvalue weighted by molar-refractivity contribution is 0.0376. The second kappa shape index (κ2) is 11.2. The fourth-order valence-corrected chi connectivity index (χ4v) is 5.01. The van der Waals surface area contributed by atoms with E-state index in [-0.39, 0.29) is 5.91 Å². The van der Waals surface area contributed by atoms with E-state index in [9.17, 15) is 4.79 Å². The number of benzene rings is 2. The molecule has 0 bridgehead atoms. The summed E-state index contributed by atoms with van der Waals surface area (Å²) in [7, 11) is 1.55. The molecule has 0 atom stereocenters. The number of halogens is 1. The molecule has 176 valence electrons. The van der Waals surface area contributed by atoms with Crippen LogP contribution in [0.5, 0.6) is 11.5 Å². The average molecular weight is 490 g/mol. The number of hydrogen-bond donors (Lipinski definition) is 0. The highest BCUT2D eigenvalue weighted by molar-refractivity contribution is 7.22. The van der Waals surface area contributed by atoms with Crippen LogP contribution >= 0.6 is 22.9 Å². The molecule has 0 N–H and O–H groups in total. The Morgan fingerprint density at radius 1 is 1.24 bits per heavy atom. The van der Waals surface area contributed by atoms with Gasteiger partial charge in [-0.25, -0.2) is 4.98 Å². The molecule has 0 radical (unpaired) electrons. The molecule has 0 saturated carbocycles. The van der Waals surface area contributed by atoms with Crippen molar-refractivity contribution in [1.82, 2.24) is 9.88 Å². The minimum Gasteiger partial charge on any atom is -0.496 e. The molecular weight excluding hydrogens is 462 g/mol. The highest BCUT2D eigenvalue weighted by atomic mass is 35.5. The van der Waals surface area contributed by atoms with Gasteiger partial charge in [-0.05, 0) is 49.7 Å². The van der Waals surface area contributed by atoms with Crippen molar-refractivity contribution >= 4 is 44.2 Å². The van der Waals surface area contributed by atoms with Gasteiger partial charge in [-0.3, -0.25) is 14.6 Å². The molecule has 33 heavy (non-hydrogen) atoms. The number of nitrogens with zero attached hydrogens (tertiary/aromatic N) is 3. The largest absolute Gasteiger partial charge is 0.496 e. The highest BCUT2D eigenvalue weighted by Crippen LogP contribution is 2.34. The number of carbonyl (C=O) groups excluding carboxylic acids is 1. The Hall–Kier alpha value is -2.39. The van der Waals surface area contributed by atoms with Crippen molar-refractivity contribution in [3.63, 3.8) is 0 Å². The molecule has 1 aromatic heterocycles. The normalized spacial score (nSPS) is 14.4. The number of ether oxygens (including phenoxy) is 3. The van der Waals surface area contributed by atoms with Crippen molar-refractivity contribution < 1.29 is 19.0 Å². The lowest BCUT2D eigenvalue weighted by atomic mass is 10.1. The second-order valence-electron chi connectivity index (χ2n) is 7.67. The number of morpholine rings is 1. The lowest BCUT2D eigenvalue weighted by Crippen LogP contribution is -2.39. The van der Waals surface area contributed by atoms with Gasteiger partial charge in [0.1, 0.15) is 11.5 Å². The molecular formula is C24H28ClN3O4S. The zero-order valence-corrected chi connectivity index (χ0v) is 20.5. The fraction of sp³-hybridized carbons (Fsp3) is 0.417. The van der Waals surface area contributed by atoms with Gasteiger partial charge >= 0.3 is 0 Å². The topological polar surface area (TPSA) is 64.1 Å². The molecule has 3 aromatic rings. The predicted octanol–water partition coefficient (Wildman–Crippen LogP) is 4.73. The van der Waals surface area contributed by atoms with Crippen molar-refractivity contribution in [2.24, 2.45) is 0 Å². The molecule has 0 aliphatic carbocycles. The molecule has 1 aliphatic heterocycles. The Kier molecular flexibility index (Phi) is 8.03. The van der Waals surface area contributed by atoms with Crippen LogP contribution in [0.1, 0.15) is 23.7 Å². The fourth-order valence-electron chi connectivity index (χ4n) is 3.82. The van der Waals surface area contributed by atoms with E-state index in [2.05, 4.69) is 4.90 Å². The summed E-state index contributed by atoms with van der Waals surface area (Å²) < 4.78 is 17.5. The van der Waals surface area contributed by atoms with Crippen molar-refractivity contribution in [2.75, 3.05) is 58.0 Å². The molecule has 0 spiro atoms. The Labute approximate surface area is 202 Å². The first kappa shape index (κ1) is 23.8. The van der Waals surface area contributed by atoms with E-state index < -0.39 is 0 Å². The molecule has 4 rings (SSSR count).